The highest BCUT2D eigenvalue weighted by molar-refractivity contribution is 9.10. The van der Waals surface area contributed by atoms with Gasteiger partial charge in [-0.05, 0) is 22.0 Å². The summed E-state index contributed by atoms with van der Waals surface area (Å²) in [4.78, 5) is 4.27. The Hall–Kier alpha value is -1.37. The highest BCUT2D eigenvalue weighted by Crippen LogP contribution is 2.29. The Balaban J connectivity index is 2.01. The Morgan fingerprint density at radius 2 is 2.24 bits per heavy atom. The van der Waals surface area contributed by atoms with Gasteiger partial charge in [-0.2, -0.15) is 0 Å². The third-order valence-corrected chi connectivity index (χ3v) is 3.74. The van der Waals surface area contributed by atoms with Crippen LogP contribution >= 0.6 is 15.9 Å². The molecule has 2 rings (SSSR count). The van der Waals surface area contributed by atoms with Crippen LogP contribution in [0.3, 0.4) is 0 Å². The van der Waals surface area contributed by atoms with E-state index in [1.54, 1.807) is 13.3 Å². The lowest BCUT2D eigenvalue weighted by atomic mass is 10.2. The van der Waals surface area contributed by atoms with Gasteiger partial charge in [0.15, 0.2) is 0 Å². The Morgan fingerprint density at radius 3 is 2.95 bits per heavy atom. The Morgan fingerprint density at radius 1 is 1.38 bits per heavy atom. The number of rotatable bonds is 8. The van der Waals surface area contributed by atoms with Gasteiger partial charge in [-0.15, -0.1) is 0 Å². The van der Waals surface area contributed by atoms with E-state index in [1.165, 1.54) is 0 Å². The summed E-state index contributed by atoms with van der Waals surface area (Å²) in [7, 11) is 3.65. The van der Waals surface area contributed by atoms with E-state index in [0.29, 0.717) is 13.2 Å². The van der Waals surface area contributed by atoms with E-state index in [2.05, 4.69) is 32.3 Å². The molecule has 114 valence electrons. The molecule has 21 heavy (non-hydrogen) atoms. The maximum Gasteiger partial charge on any atom is 0.146 e. The zero-order chi connectivity index (χ0) is 15.1. The van der Waals surface area contributed by atoms with Crippen LogP contribution in [0.25, 0.3) is 0 Å². The van der Waals surface area contributed by atoms with Crippen LogP contribution in [0, 0.1) is 0 Å². The maximum absolute atomic E-state index is 5.95. The van der Waals surface area contributed by atoms with Gasteiger partial charge in [-0.3, -0.25) is 0 Å². The number of imidazole rings is 1. The molecule has 6 heteroatoms. The van der Waals surface area contributed by atoms with Crippen molar-refractivity contribution in [2.24, 2.45) is 7.05 Å². The number of hydrogen-bond acceptors (Lipinski definition) is 4. The largest absolute Gasteiger partial charge is 0.484 e. The number of nitrogens with zero attached hydrogens (tertiary/aromatic N) is 2. The molecule has 0 saturated carbocycles. The van der Waals surface area contributed by atoms with Crippen LogP contribution < -0.4 is 10.1 Å². The number of aromatic nitrogens is 2. The van der Waals surface area contributed by atoms with Crippen molar-refractivity contribution in [3.8, 4) is 5.75 Å². The molecule has 0 aliphatic carbocycles. The van der Waals surface area contributed by atoms with E-state index in [4.69, 9.17) is 9.47 Å². The lowest BCUT2D eigenvalue weighted by Crippen LogP contribution is -2.19. The highest BCUT2D eigenvalue weighted by Gasteiger charge is 2.09. The zero-order valence-electron chi connectivity index (χ0n) is 12.3. The van der Waals surface area contributed by atoms with Crippen molar-refractivity contribution < 1.29 is 9.47 Å². The monoisotopic (exact) mass is 353 g/mol. The first-order valence-corrected chi connectivity index (χ1v) is 7.57. The molecule has 0 amide bonds. The van der Waals surface area contributed by atoms with E-state index in [-0.39, 0.29) is 0 Å². The van der Waals surface area contributed by atoms with Gasteiger partial charge in [0.2, 0.25) is 0 Å². The van der Waals surface area contributed by atoms with Gasteiger partial charge in [0.25, 0.3) is 0 Å². The number of methoxy groups -OCH3 is 1. The summed E-state index contributed by atoms with van der Waals surface area (Å²) in [5.41, 5.74) is 1.11. The third-order valence-electron chi connectivity index (χ3n) is 3.11. The van der Waals surface area contributed by atoms with Gasteiger partial charge in [0.1, 0.15) is 18.2 Å². The molecule has 0 bridgehead atoms. The molecule has 2 aromatic rings. The summed E-state index contributed by atoms with van der Waals surface area (Å²) in [5, 5.41) is 3.33. The van der Waals surface area contributed by atoms with Crippen LogP contribution in [0.2, 0.25) is 0 Å². The van der Waals surface area contributed by atoms with Gasteiger partial charge in [-0.1, -0.05) is 12.1 Å². The van der Waals surface area contributed by atoms with Crippen LogP contribution in [0.5, 0.6) is 5.75 Å². The standard InChI is InChI=1S/C15H20BrN3O2/c1-19-8-6-18-14(19)11-21-15-12(4-3-5-13(15)16)10-17-7-9-20-2/h3-6,8,17H,7,9-11H2,1-2H3. The SMILES string of the molecule is COCCNCc1cccc(Br)c1OCc1nccn1C. The Kier molecular flexibility index (Phi) is 6.22. The maximum atomic E-state index is 5.95. The number of ether oxygens (including phenoxy) is 2. The number of halogens is 1. The molecule has 1 N–H and O–H groups in total. The summed E-state index contributed by atoms with van der Waals surface area (Å²) in [5.74, 6) is 1.74. The molecule has 0 aliphatic heterocycles. The molecule has 1 aromatic carbocycles. The van der Waals surface area contributed by atoms with Gasteiger partial charge in [0.05, 0.1) is 11.1 Å². The minimum Gasteiger partial charge on any atom is -0.484 e. The lowest BCUT2D eigenvalue weighted by molar-refractivity contribution is 0.199. The summed E-state index contributed by atoms with van der Waals surface area (Å²) < 4.78 is 13.9. The van der Waals surface area contributed by atoms with E-state index >= 15 is 0 Å². The van der Waals surface area contributed by atoms with E-state index in [1.807, 2.05) is 29.9 Å². The first kappa shape index (κ1) is 16.0. The van der Waals surface area contributed by atoms with Crippen molar-refractivity contribution in [1.29, 1.82) is 0 Å². The molecule has 1 aromatic heterocycles. The van der Waals surface area contributed by atoms with Crippen molar-refractivity contribution in [3.05, 3.63) is 46.5 Å². The van der Waals surface area contributed by atoms with E-state index < -0.39 is 0 Å². The van der Waals surface area contributed by atoms with Crippen molar-refractivity contribution in [2.75, 3.05) is 20.3 Å². The lowest BCUT2D eigenvalue weighted by Gasteiger charge is -2.14. The van der Waals surface area contributed by atoms with Crippen molar-refractivity contribution in [3.63, 3.8) is 0 Å². The predicted molar refractivity (Wildman–Crippen MR) is 85.3 cm³/mol. The Bertz CT molecular complexity index is 572. The fourth-order valence-corrected chi connectivity index (χ4v) is 2.45. The number of nitrogens with one attached hydrogen (secondary N) is 1. The summed E-state index contributed by atoms with van der Waals surface area (Å²) in [6.45, 7) is 2.68. The predicted octanol–water partition coefficient (Wildman–Crippen LogP) is 2.50. The molecule has 0 fully saturated rings. The van der Waals surface area contributed by atoms with Gasteiger partial charge >= 0.3 is 0 Å². The molecule has 0 unspecified atom stereocenters. The van der Waals surface area contributed by atoms with Gasteiger partial charge < -0.3 is 19.4 Å². The second-order valence-corrected chi connectivity index (χ2v) is 5.50. The highest BCUT2D eigenvalue weighted by atomic mass is 79.9. The van der Waals surface area contributed by atoms with Crippen LogP contribution in [-0.4, -0.2) is 29.8 Å². The topological polar surface area (TPSA) is 48.3 Å². The summed E-state index contributed by atoms with van der Waals surface area (Å²) >= 11 is 3.55. The minimum absolute atomic E-state index is 0.442. The van der Waals surface area contributed by atoms with Crippen LogP contribution in [0.1, 0.15) is 11.4 Å². The molecule has 5 nitrogen and oxygen atoms in total. The normalized spacial score (nSPS) is 10.8. The van der Waals surface area contributed by atoms with Crippen LogP contribution in [-0.2, 0) is 24.9 Å². The molecular weight excluding hydrogens is 334 g/mol. The number of para-hydroxylation sites is 1. The zero-order valence-corrected chi connectivity index (χ0v) is 13.9. The molecular formula is C15H20BrN3O2. The Labute approximate surface area is 133 Å². The summed E-state index contributed by atoms with van der Waals surface area (Å²) in [6, 6.07) is 6.04. The fraction of sp³-hybridized carbons (Fsp3) is 0.400. The second-order valence-electron chi connectivity index (χ2n) is 4.64. The van der Waals surface area contributed by atoms with Crippen molar-refractivity contribution >= 4 is 15.9 Å². The third kappa shape index (κ3) is 4.56. The summed E-state index contributed by atoms with van der Waals surface area (Å²) in [6.07, 6.45) is 3.68. The van der Waals surface area contributed by atoms with E-state index in [9.17, 15) is 0 Å². The fourth-order valence-electron chi connectivity index (χ4n) is 1.92. The molecule has 1 heterocycles. The first-order chi connectivity index (χ1) is 10.2. The van der Waals surface area contributed by atoms with Gasteiger partial charge in [-0.25, -0.2) is 4.98 Å². The molecule has 0 atom stereocenters. The second kappa shape index (κ2) is 8.17. The molecule has 0 spiro atoms. The average molecular weight is 354 g/mol. The molecule has 0 saturated heterocycles. The van der Waals surface area contributed by atoms with Crippen molar-refractivity contribution in [2.45, 2.75) is 13.2 Å². The molecule has 0 aliphatic rings. The minimum atomic E-state index is 0.442. The average Bonchev–Trinajstić information content (AvgIpc) is 2.88. The smallest absolute Gasteiger partial charge is 0.146 e. The van der Waals surface area contributed by atoms with E-state index in [0.717, 1.165) is 34.7 Å². The number of aryl methyl sites for hydroxylation is 1. The van der Waals surface area contributed by atoms with Crippen molar-refractivity contribution in [1.82, 2.24) is 14.9 Å². The van der Waals surface area contributed by atoms with Crippen LogP contribution in [0.4, 0.5) is 0 Å². The van der Waals surface area contributed by atoms with Gasteiger partial charge in [0, 0.05) is 45.2 Å². The number of benzene rings is 1. The number of hydrogen-bond donors (Lipinski definition) is 1. The van der Waals surface area contributed by atoms with Crippen LogP contribution in [0.15, 0.2) is 35.1 Å². The quantitative estimate of drug-likeness (QED) is 0.740. The molecule has 0 radical (unpaired) electrons. The first-order valence-electron chi connectivity index (χ1n) is 6.78.